The third-order valence-electron chi connectivity index (χ3n) is 3.48. The zero-order valence-electron chi connectivity index (χ0n) is 14.0. The largest absolute Gasteiger partial charge is 0.496 e. The van der Waals surface area contributed by atoms with Gasteiger partial charge < -0.3 is 19.5 Å². The van der Waals surface area contributed by atoms with Gasteiger partial charge in [0.25, 0.3) is 0 Å². The molecule has 0 aliphatic rings. The number of methoxy groups -OCH3 is 3. The quantitative estimate of drug-likeness (QED) is 0.757. The Morgan fingerprint density at radius 1 is 1.04 bits per heavy atom. The summed E-state index contributed by atoms with van der Waals surface area (Å²) in [6.45, 7) is 3.43. The number of hydrogen-bond donors (Lipinski definition) is 1. The molecule has 23 heavy (non-hydrogen) atoms. The number of rotatable bonds is 9. The van der Waals surface area contributed by atoms with E-state index < -0.39 is 0 Å². The van der Waals surface area contributed by atoms with Crippen LogP contribution in [0.2, 0.25) is 0 Å². The molecule has 1 heterocycles. The number of aryl methyl sites for hydroxylation is 1. The molecule has 0 unspecified atom stereocenters. The minimum atomic E-state index is 0.510. The number of benzene rings is 1. The van der Waals surface area contributed by atoms with Crippen molar-refractivity contribution in [2.45, 2.75) is 32.9 Å². The average molecular weight is 321 g/mol. The van der Waals surface area contributed by atoms with Gasteiger partial charge in [0.2, 0.25) is 5.95 Å². The van der Waals surface area contributed by atoms with Gasteiger partial charge in [-0.15, -0.1) is 0 Å². The number of aromatic nitrogens is 4. The second kappa shape index (κ2) is 8.21. The minimum Gasteiger partial charge on any atom is -0.496 e. The molecule has 2 rings (SSSR count). The molecular weight excluding hydrogens is 298 g/mol. The zero-order chi connectivity index (χ0) is 16.7. The van der Waals surface area contributed by atoms with Crippen molar-refractivity contribution >= 4 is 5.95 Å². The van der Waals surface area contributed by atoms with Crippen LogP contribution >= 0.6 is 0 Å². The molecule has 0 saturated carbocycles. The lowest BCUT2D eigenvalue weighted by molar-refractivity contribution is 0.347. The van der Waals surface area contributed by atoms with Crippen LogP contribution in [0.15, 0.2) is 12.1 Å². The summed E-state index contributed by atoms with van der Waals surface area (Å²) in [5.41, 5.74) is 0.926. The number of tetrazole rings is 1. The molecule has 1 aromatic heterocycles. The Hall–Kier alpha value is -2.51. The summed E-state index contributed by atoms with van der Waals surface area (Å²) in [4.78, 5) is 0. The standard InChI is InChI=1S/C15H23N5O3/c1-5-6-7-20-15(17-18-19-20)16-10-11-8-13(22-3)14(23-4)9-12(11)21-2/h8-9H,5-7,10H2,1-4H3,(H,16,17,19). The lowest BCUT2D eigenvalue weighted by atomic mass is 10.1. The Morgan fingerprint density at radius 3 is 2.39 bits per heavy atom. The fourth-order valence-corrected chi connectivity index (χ4v) is 2.19. The third-order valence-corrected chi connectivity index (χ3v) is 3.48. The van der Waals surface area contributed by atoms with Crippen molar-refractivity contribution in [1.29, 1.82) is 0 Å². The summed E-state index contributed by atoms with van der Waals surface area (Å²) in [7, 11) is 4.82. The second-order valence-corrected chi connectivity index (χ2v) is 4.95. The molecule has 0 saturated heterocycles. The lowest BCUT2D eigenvalue weighted by Gasteiger charge is -2.14. The van der Waals surface area contributed by atoms with E-state index in [9.17, 15) is 0 Å². The zero-order valence-corrected chi connectivity index (χ0v) is 14.0. The first kappa shape index (κ1) is 16.9. The van der Waals surface area contributed by atoms with Gasteiger partial charge in [-0.2, -0.15) is 0 Å². The van der Waals surface area contributed by atoms with Crippen LogP contribution in [-0.4, -0.2) is 41.5 Å². The normalized spacial score (nSPS) is 10.4. The molecule has 8 nitrogen and oxygen atoms in total. The lowest BCUT2D eigenvalue weighted by Crippen LogP contribution is -2.10. The van der Waals surface area contributed by atoms with Gasteiger partial charge in [0.1, 0.15) is 5.75 Å². The van der Waals surface area contributed by atoms with Gasteiger partial charge in [0.05, 0.1) is 21.3 Å². The van der Waals surface area contributed by atoms with Crippen molar-refractivity contribution in [1.82, 2.24) is 20.2 Å². The molecule has 0 aliphatic carbocycles. The highest BCUT2D eigenvalue weighted by Crippen LogP contribution is 2.34. The molecule has 2 aromatic rings. The first-order valence-corrected chi connectivity index (χ1v) is 7.52. The van der Waals surface area contributed by atoms with E-state index in [0.29, 0.717) is 29.7 Å². The van der Waals surface area contributed by atoms with E-state index in [1.165, 1.54) is 0 Å². The van der Waals surface area contributed by atoms with Crippen molar-refractivity contribution in [3.8, 4) is 17.2 Å². The maximum atomic E-state index is 5.42. The van der Waals surface area contributed by atoms with E-state index in [2.05, 4.69) is 27.8 Å². The van der Waals surface area contributed by atoms with Crippen molar-refractivity contribution in [3.05, 3.63) is 17.7 Å². The Morgan fingerprint density at radius 2 is 1.74 bits per heavy atom. The van der Waals surface area contributed by atoms with E-state index in [4.69, 9.17) is 14.2 Å². The minimum absolute atomic E-state index is 0.510. The molecule has 0 radical (unpaired) electrons. The van der Waals surface area contributed by atoms with Crippen LogP contribution in [0.5, 0.6) is 17.2 Å². The maximum Gasteiger partial charge on any atom is 0.243 e. The molecule has 8 heteroatoms. The van der Waals surface area contributed by atoms with Crippen LogP contribution in [-0.2, 0) is 13.1 Å². The summed E-state index contributed by atoms with van der Waals surface area (Å²) >= 11 is 0. The van der Waals surface area contributed by atoms with Gasteiger partial charge in [-0.1, -0.05) is 18.4 Å². The van der Waals surface area contributed by atoms with E-state index in [1.54, 1.807) is 32.1 Å². The Bertz CT molecular complexity index is 630. The van der Waals surface area contributed by atoms with Crippen LogP contribution in [0.3, 0.4) is 0 Å². The van der Waals surface area contributed by atoms with Gasteiger partial charge in [-0.25, -0.2) is 4.68 Å². The fourth-order valence-electron chi connectivity index (χ4n) is 2.19. The van der Waals surface area contributed by atoms with Crippen molar-refractivity contribution in [3.63, 3.8) is 0 Å². The monoisotopic (exact) mass is 321 g/mol. The number of anilines is 1. The second-order valence-electron chi connectivity index (χ2n) is 4.95. The molecule has 126 valence electrons. The van der Waals surface area contributed by atoms with Crippen LogP contribution in [0.25, 0.3) is 0 Å². The highest BCUT2D eigenvalue weighted by molar-refractivity contribution is 5.51. The topological polar surface area (TPSA) is 83.3 Å². The van der Waals surface area contributed by atoms with Crippen LogP contribution < -0.4 is 19.5 Å². The molecule has 0 spiro atoms. The molecule has 0 fully saturated rings. The van der Waals surface area contributed by atoms with E-state index in [-0.39, 0.29) is 0 Å². The van der Waals surface area contributed by atoms with Crippen molar-refractivity contribution < 1.29 is 14.2 Å². The first-order chi connectivity index (χ1) is 11.2. The number of nitrogens with one attached hydrogen (secondary N) is 1. The van der Waals surface area contributed by atoms with E-state index in [1.807, 2.05) is 6.07 Å². The van der Waals surface area contributed by atoms with Gasteiger partial charge >= 0.3 is 0 Å². The predicted molar refractivity (Wildman–Crippen MR) is 86.1 cm³/mol. The summed E-state index contributed by atoms with van der Waals surface area (Å²) in [5, 5.41) is 14.9. The SMILES string of the molecule is CCCCn1nnnc1NCc1cc(OC)c(OC)cc1OC. The molecule has 0 aliphatic heterocycles. The van der Waals surface area contributed by atoms with Crippen LogP contribution in [0, 0.1) is 0 Å². The molecule has 1 N–H and O–H groups in total. The van der Waals surface area contributed by atoms with Gasteiger partial charge in [-0.05, 0) is 22.9 Å². The highest BCUT2D eigenvalue weighted by Gasteiger charge is 2.13. The van der Waals surface area contributed by atoms with E-state index in [0.717, 1.165) is 24.9 Å². The van der Waals surface area contributed by atoms with Gasteiger partial charge in [0, 0.05) is 24.7 Å². The predicted octanol–water partition coefficient (Wildman–Crippen LogP) is 2.11. The van der Waals surface area contributed by atoms with Crippen molar-refractivity contribution in [2.75, 3.05) is 26.6 Å². The molecular formula is C15H23N5O3. The summed E-state index contributed by atoms with van der Waals surface area (Å²) in [6, 6.07) is 3.68. The average Bonchev–Trinajstić information content (AvgIpc) is 3.04. The molecule has 0 amide bonds. The number of unbranched alkanes of at least 4 members (excludes halogenated alkanes) is 1. The number of nitrogens with zero attached hydrogens (tertiary/aromatic N) is 4. The number of ether oxygens (including phenoxy) is 3. The molecule has 1 aromatic carbocycles. The molecule has 0 bridgehead atoms. The smallest absolute Gasteiger partial charge is 0.243 e. The summed E-state index contributed by atoms with van der Waals surface area (Å²) in [5.74, 6) is 2.62. The van der Waals surface area contributed by atoms with Crippen molar-refractivity contribution in [2.24, 2.45) is 0 Å². The molecule has 0 atom stereocenters. The third kappa shape index (κ3) is 4.02. The Balaban J connectivity index is 2.15. The fraction of sp³-hybridized carbons (Fsp3) is 0.533. The maximum absolute atomic E-state index is 5.42. The van der Waals surface area contributed by atoms with Crippen LogP contribution in [0.1, 0.15) is 25.3 Å². The highest BCUT2D eigenvalue weighted by atomic mass is 16.5. The summed E-state index contributed by atoms with van der Waals surface area (Å²) < 4.78 is 17.8. The summed E-state index contributed by atoms with van der Waals surface area (Å²) in [6.07, 6.45) is 2.11. The van der Waals surface area contributed by atoms with Gasteiger partial charge in [-0.3, -0.25) is 0 Å². The van der Waals surface area contributed by atoms with Crippen LogP contribution in [0.4, 0.5) is 5.95 Å². The van der Waals surface area contributed by atoms with E-state index >= 15 is 0 Å². The Kier molecular flexibility index (Phi) is 6.02. The number of hydrogen-bond acceptors (Lipinski definition) is 7. The first-order valence-electron chi connectivity index (χ1n) is 7.52. The Labute approximate surface area is 135 Å². The van der Waals surface area contributed by atoms with Gasteiger partial charge in [0.15, 0.2) is 11.5 Å².